The Morgan fingerprint density at radius 2 is 1.96 bits per heavy atom. The second-order valence-corrected chi connectivity index (χ2v) is 5.44. The summed E-state index contributed by atoms with van der Waals surface area (Å²) in [5, 5.41) is 11.6. The maximum Gasteiger partial charge on any atom is 0.347 e. The average molecular weight is 359 g/mol. The predicted octanol–water partition coefficient (Wildman–Crippen LogP) is 3.16. The number of rotatable bonds is 6. The van der Waals surface area contributed by atoms with Gasteiger partial charge in [0.05, 0.1) is 10.6 Å². The smallest absolute Gasteiger partial charge is 0.347 e. The van der Waals surface area contributed by atoms with Gasteiger partial charge in [0.25, 0.3) is 5.91 Å². The van der Waals surface area contributed by atoms with Gasteiger partial charge in [0.1, 0.15) is 11.8 Å². The second-order valence-electron chi connectivity index (χ2n) is 5.04. The number of hydrogen-bond acceptors (Lipinski definition) is 5. The van der Waals surface area contributed by atoms with Gasteiger partial charge in [-0.3, -0.25) is 4.79 Å². The number of anilines is 1. The Kier molecular flexibility index (Phi) is 6.38. The van der Waals surface area contributed by atoms with Crippen LogP contribution in [0.2, 0.25) is 5.02 Å². The number of nitrogens with zero attached hydrogens (tertiary/aromatic N) is 1. The van der Waals surface area contributed by atoms with Crippen molar-refractivity contribution in [2.45, 2.75) is 13.0 Å². The maximum atomic E-state index is 11.9. The molecule has 2 rings (SSSR count). The second kappa shape index (κ2) is 8.71. The highest BCUT2D eigenvalue weighted by Gasteiger charge is 2.18. The van der Waals surface area contributed by atoms with Crippen LogP contribution in [0, 0.1) is 11.3 Å². The minimum atomic E-state index is -0.848. The third kappa shape index (κ3) is 5.52. The Hall–Kier alpha value is -3.04. The van der Waals surface area contributed by atoms with Crippen molar-refractivity contribution in [3.05, 3.63) is 59.1 Å². The van der Waals surface area contributed by atoms with Gasteiger partial charge in [0.15, 0.2) is 12.7 Å². The fourth-order valence-electron chi connectivity index (χ4n) is 1.89. The molecule has 0 aromatic heterocycles. The van der Waals surface area contributed by atoms with Gasteiger partial charge in [-0.05, 0) is 37.3 Å². The summed E-state index contributed by atoms with van der Waals surface area (Å²) < 4.78 is 10.3. The van der Waals surface area contributed by atoms with Crippen molar-refractivity contribution in [1.29, 1.82) is 5.26 Å². The molecule has 1 N–H and O–H groups in total. The van der Waals surface area contributed by atoms with E-state index in [0.717, 1.165) is 0 Å². The van der Waals surface area contributed by atoms with Gasteiger partial charge in [-0.15, -0.1) is 0 Å². The summed E-state index contributed by atoms with van der Waals surface area (Å²) in [7, 11) is 0. The number of hydrogen-bond donors (Lipinski definition) is 1. The molecule has 7 heteroatoms. The van der Waals surface area contributed by atoms with E-state index in [1.54, 1.807) is 24.3 Å². The van der Waals surface area contributed by atoms with Crippen molar-refractivity contribution in [2.24, 2.45) is 0 Å². The quantitative estimate of drug-likeness (QED) is 0.801. The molecule has 0 unspecified atom stereocenters. The van der Waals surface area contributed by atoms with E-state index in [1.165, 1.54) is 25.1 Å². The highest BCUT2D eigenvalue weighted by atomic mass is 35.5. The van der Waals surface area contributed by atoms with E-state index in [2.05, 4.69) is 5.32 Å². The summed E-state index contributed by atoms with van der Waals surface area (Å²) in [4.78, 5) is 23.7. The maximum absolute atomic E-state index is 11.9. The van der Waals surface area contributed by atoms with Crippen LogP contribution in [-0.2, 0) is 14.3 Å². The molecule has 2 aromatic carbocycles. The van der Waals surface area contributed by atoms with Crippen molar-refractivity contribution in [3.63, 3.8) is 0 Å². The van der Waals surface area contributed by atoms with Crippen molar-refractivity contribution < 1.29 is 19.1 Å². The average Bonchev–Trinajstić information content (AvgIpc) is 2.60. The number of amides is 1. The Bertz CT molecular complexity index is 802. The lowest BCUT2D eigenvalue weighted by atomic mass is 10.2. The van der Waals surface area contributed by atoms with Crippen LogP contribution < -0.4 is 10.1 Å². The molecule has 0 saturated carbocycles. The zero-order valence-corrected chi connectivity index (χ0v) is 14.1. The molecule has 2 aromatic rings. The number of carbonyl (C=O) groups excluding carboxylic acids is 2. The molecule has 0 aliphatic carbocycles. The molecule has 0 aliphatic heterocycles. The summed E-state index contributed by atoms with van der Waals surface area (Å²) in [6, 6.07) is 15.2. The summed E-state index contributed by atoms with van der Waals surface area (Å²) in [5.74, 6) is -0.651. The first-order valence-electron chi connectivity index (χ1n) is 7.37. The lowest BCUT2D eigenvalue weighted by molar-refractivity contribution is -0.153. The number of benzene rings is 2. The molecule has 0 bridgehead atoms. The lowest BCUT2D eigenvalue weighted by Crippen LogP contribution is -2.29. The number of para-hydroxylation sites is 1. The largest absolute Gasteiger partial charge is 0.479 e. The highest BCUT2D eigenvalue weighted by molar-refractivity contribution is 6.32. The van der Waals surface area contributed by atoms with E-state index in [0.29, 0.717) is 17.0 Å². The number of ether oxygens (including phenoxy) is 2. The molecular weight excluding hydrogens is 344 g/mol. The SMILES string of the molecule is C[C@H](Oc1ccccc1)C(=O)OCC(=O)Nc1ccc(C#N)c(Cl)c1. The van der Waals surface area contributed by atoms with Gasteiger partial charge in [-0.2, -0.15) is 5.26 Å². The van der Waals surface area contributed by atoms with Crippen LogP contribution in [0.5, 0.6) is 5.75 Å². The van der Waals surface area contributed by atoms with Crippen LogP contribution in [0.1, 0.15) is 12.5 Å². The Labute approximate surface area is 149 Å². The zero-order chi connectivity index (χ0) is 18.2. The standard InChI is InChI=1S/C18H15ClN2O4/c1-12(25-15-5-3-2-4-6-15)18(23)24-11-17(22)21-14-8-7-13(10-20)16(19)9-14/h2-9,12H,11H2,1H3,(H,21,22)/t12-/m0/s1. The van der Waals surface area contributed by atoms with Crippen LogP contribution in [0.25, 0.3) is 0 Å². The van der Waals surface area contributed by atoms with Crippen molar-refractivity contribution >= 4 is 29.2 Å². The number of esters is 1. The van der Waals surface area contributed by atoms with E-state index in [-0.39, 0.29) is 5.02 Å². The van der Waals surface area contributed by atoms with Gasteiger partial charge >= 0.3 is 5.97 Å². The van der Waals surface area contributed by atoms with Gasteiger partial charge in [-0.25, -0.2) is 4.79 Å². The Morgan fingerprint density at radius 1 is 1.24 bits per heavy atom. The monoisotopic (exact) mass is 358 g/mol. The molecule has 128 valence electrons. The van der Waals surface area contributed by atoms with E-state index in [4.69, 9.17) is 26.3 Å². The van der Waals surface area contributed by atoms with E-state index < -0.39 is 24.6 Å². The molecule has 0 saturated heterocycles. The van der Waals surface area contributed by atoms with Crippen LogP contribution in [-0.4, -0.2) is 24.6 Å². The van der Waals surface area contributed by atoms with Gasteiger partial charge in [-0.1, -0.05) is 29.8 Å². The van der Waals surface area contributed by atoms with Crippen LogP contribution in [0.4, 0.5) is 5.69 Å². The number of nitrogens with one attached hydrogen (secondary N) is 1. The molecule has 0 heterocycles. The molecule has 6 nitrogen and oxygen atoms in total. The molecule has 0 spiro atoms. The summed E-state index contributed by atoms with van der Waals surface area (Å²) in [5.41, 5.74) is 0.705. The van der Waals surface area contributed by atoms with Crippen molar-refractivity contribution in [3.8, 4) is 11.8 Å². The Balaban J connectivity index is 1.82. The minimum absolute atomic E-state index is 0.224. The summed E-state index contributed by atoms with van der Waals surface area (Å²) >= 11 is 5.88. The number of carbonyl (C=O) groups is 2. The minimum Gasteiger partial charge on any atom is -0.479 e. The van der Waals surface area contributed by atoms with Crippen molar-refractivity contribution in [2.75, 3.05) is 11.9 Å². The topological polar surface area (TPSA) is 88.4 Å². The van der Waals surface area contributed by atoms with Crippen molar-refractivity contribution in [1.82, 2.24) is 0 Å². The summed E-state index contributed by atoms with van der Waals surface area (Å²) in [6.07, 6.45) is -0.848. The lowest BCUT2D eigenvalue weighted by Gasteiger charge is -2.14. The first-order valence-corrected chi connectivity index (χ1v) is 7.75. The number of nitriles is 1. The Morgan fingerprint density at radius 3 is 2.60 bits per heavy atom. The van der Waals surface area contributed by atoms with Gasteiger partial charge < -0.3 is 14.8 Å². The normalized spacial score (nSPS) is 11.1. The van der Waals surface area contributed by atoms with E-state index in [1.807, 2.05) is 12.1 Å². The molecular formula is C18H15ClN2O4. The molecule has 1 atom stereocenters. The van der Waals surface area contributed by atoms with Gasteiger partial charge in [0, 0.05) is 5.69 Å². The first kappa shape index (κ1) is 18.3. The highest BCUT2D eigenvalue weighted by Crippen LogP contribution is 2.20. The van der Waals surface area contributed by atoms with E-state index >= 15 is 0 Å². The van der Waals surface area contributed by atoms with Crippen LogP contribution in [0.3, 0.4) is 0 Å². The summed E-state index contributed by atoms with van der Waals surface area (Å²) in [6.45, 7) is 1.08. The number of halogens is 1. The third-order valence-corrected chi connectivity index (χ3v) is 3.42. The van der Waals surface area contributed by atoms with Gasteiger partial charge in [0.2, 0.25) is 0 Å². The van der Waals surface area contributed by atoms with Crippen LogP contribution in [0.15, 0.2) is 48.5 Å². The zero-order valence-electron chi connectivity index (χ0n) is 13.4. The van der Waals surface area contributed by atoms with E-state index in [9.17, 15) is 9.59 Å². The predicted molar refractivity (Wildman–Crippen MR) is 92.3 cm³/mol. The fraction of sp³-hybridized carbons (Fsp3) is 0.167. The molecule has 0 aliphatic rings. The van der Waals surface area contributed by atoms with Crippen LogP contribution >= 0.6 is 11.6 Å². The first-order chi connectivity index (χ1) is 12.0. The molecule has 0 fully saturated rings. The molecule has 25 heavy (non-hydrogen) atoms. The molecule has 0 radical (unpaired) electrons. The molecule has 1 amide bonds. The third-order valence-electron chi connectivity index (χ3n) is 3.11. The fourth-order valence-corrected chi connectivity index (χ4v) is 2.11.